The second-order valence-electron chi connectivity index (χ2n) is 6.02. The van der Waals surface area contributed by atoms with E-state index in [0.717, 1.165) is 30.2 Å². The maximum absolute atomic E-state index is 12.5. The summed E-state index contributed by atoms with van der Waals surface area (Å²) in [5, 5.41) is 3.48. The molecule has 0 unspecified atom stereocenters. The molecule has 122 valence electrons. The van der Waals surface area contributed by atoms with Crippen molar-refractivity contribution < 1.29 is 4.79 Å². The largest absolute Gasteiger partial charge is 0.352 e. The zero-order valence-electron chi connectivity index (χ0n) is 12.7. The Hall–Kier alpha value is -1.73. The average molecular weight is 379 g/mol. The molecule has 0 saturated heterocycles. The summed E-state index contributed by atoms with van der Waals surface area (Å²) in [6.45, 7) is -0.0170. The number of halogens is 1. The third-order valence-electron chi connectivity index (χ3n) is 4.24. The Labute approximate surface area is 142 Å². The van der Waals surface area contributed by atoms with E-state index in [9.17, 15) is 9.59 Å². The fourth-order valence-corrected chi connectivity index (χ4v) is 3.30. The van der Waals surface area contributed by atoms with E-state index in [2.05, 4.69) is 26.2 Å². The zero-order chi connectivity index (χ0) is 16.4. The molecule has 7 heteroatoms. The van der Waals surface area contributed by atoms with Crippen LogP contribution in [-0.4, -0.2) is 27.5 Å². The van der Waals surface area contributed by atoms with Crippen LogP contribution in [0.15, 0.2) is 33.8 Å². The summed E-state index contributed by atoms with van der Waals surface area (Å²) >= 11 is 3.35. The predicted molar refractivity (Wildman–Crippen MR) is 92.1 cm³/mol. The molecule has 2 aromatic rings. The van der Waals surface area contributed by atoms with Gasteiger partial charge in [0.2, 0.25) is 5.91 Å². The van der Waals surface area contributed by atoms with E-state index in [1.165, 1.54) is 10.9 Å². The Morgan fingerprint density at radius 3 is 2.83 bits per heavy atom. The van der Waals surface area contributed by atoms with Crippen molar-refractivity contribution in [2.75, 3.05) is 0 Å². The van der Waals surface area contributed by atoms with Crippen LogP contribution in [0.1, 0.15) is 25.7 Å². The van der Waals surface area contributed by atoms with Gasteiger partial charge in [-0.3, -0.25) is 14.2 Å². The first-order chi connectivity index (χ1) is 11.0. The normalized spacial score (nSPS) is 21.3. The molecule has 0 atom stereocenters. The Kier molecular flexibility index (Phi) is 4.77. The first-order valence-electron chi connectivity index (χ1n) is 7.72. The van der Waals surface area contributed by atoms with Crippen LogP contribution in [0.5, 0.6) is 0 Å². The molecule has 3 N–H and O–H groups in total. The first-order valence-corrected chi connectivity index (χ1v) is 8.52. The van der Waals surface area contributed by atoms with Gasteiger partial charge < -0.3 is 11.1 Å². The van der Waals surface area contributed by atoms with Crippen molar-refractivity contribution in [1.82, 2.24) is 14.9 Å². The minimum absolute atomic E-state index is 0.0170. The summed E-state index contributed by atoms with van der Waals surface area (Å²) in [4.78, 5) is 28.9. The number of hydrogen-bond donors (Lipinski definition) is 2. The average Bonchev–Trinajstić information content (AvgIpc) is 2.53. The summed E-state index contributed by atoms with van der Waals surface area (Å²) in [5.41, 5.74) is 6.28. The minimum Gasteiger partial charge on any atom is -0.352 e. The molecule has 1 aromatic carbocycles. The van der Waals surface area contributed by atoms with Gasteiger partial charge in [-0.1, -0.05) is 15.9 Å². The highest BCUT2D eigenvalue weighted by molar-refractivity contribution is 9.10. The number of carbonyl (C=O) groups is 1. The fourth-order valence-electron chi connectivity index (χ4n) is 2.94. The molecule has 6 nitrogen and oxygen atoms in total. The van der Waals surface area contributed by atoms with E-state index in [4.69, 9.17) is 5.73 Å². The summed E-state index contributed by atoms with van der Waals surface area (Å²) in [5.74, 6) is -0.163. The molecule has 1 aliphatic carbocycles. The van der Waals surface area contributed by atoms with E-state index in [1.54, 1.807) is 12.1 Å². The molecule has 1 amide bonds. The Morgan fingerprint density at radius 1 is 1.35 bits per heavy atom. The standard InChI is InChI=1S/C16H19BrN4O2/c17-10-1-6-14-13(7-10)16(23)21(9-19-14)8-15(22)20-12-4-2-11(18)3-5-12/h1,6-7,9,11-12H,2-5,8,18H2,(H,20,22). The van der Waals surface area contributed by atoms with E-state index >= 15 is 0 Å². The molecule has 1 fully saturated rings. The predicted octanol–water partition coefficient (Wildman–Crippen LogP) is 1.55. The van der Waals surface area contributed by atoms with Crippen LogP contribution in [0.2, 0.25) is 0 Å². The number of fused-ring (bicyclic) bond motifs is 1. The number of nitrogens with two attached hydrogens (primary N) is 1. The lowest BCUT2D eigenvalue weighted by molar-refractivity contribution is -0.122. The third kappa shape index (κ3) is 3.79. The molecule has 0 spiro atoms. The van der Waals surface area contributed by atoms with Gasteiger partial charge in [-0.25, -0.2) is 4.98 Å². The Bertz CT molecular complexity index is 781. The second-order valence-corrected chi connectivity index (χ2v) is 6.93. The van der Waals surface area contributed by atoms with E-state index in [1.807, 2.05) is 6.07 Å². The van der Waals surface area contributed by atoms with E-state index in [0.29, 0.717) is 10.9 Å². The van der Waals surface area contributed by atoms with E-state index in [-0.39, 0.29) is 30.1 Å². The fraction of sp³-hybridized carbons (Fsp3) is 0.438. The summed E-state index contributed by atoms with van der Waals surface area (Å²) < 4.78 is 2.16. The Morgan fingerprint density at radius 2 is 2.09 bits per heavy atom. The molecule has 1 aliphatic rings. The van der Waals surface area contributed by atoms with Crippen LogP contribution in [0.3, 0.4) is 0 Å². The molecule has 1 heterocycles. The molecule has 1 saturated carbocycles. The molecule has 0 aliphatic heterocycles. The number of nitrogens with zero attached hydrogens (tertiary/aromatic N) is 2. The minimum atomic E-state index is -0.211. The Balaban J connectivity index is 1.72. The van der Waals surface area contributed by atoms with Gasteiger partial charge in [0.15, 0.2) is 0 Å². The number of carbonyl (C=O) groups excluding carboxylic acids is 1. The highest BCUT2D eigenvalue weighted by Gasteiger charge is 2.20. The molecule has 23 heavy (non-hydrogen) atoms. The maximum atomic E-state index is 12.5. The lowest BCUT2D eigenvalue weighted by Gasteiger charge is -2.26. The maximum Gasteiger partial charge on any atom is 0.261 e. The van der Waals surface area contributed by atoms with E-state index < -0.39 is 0 Å². The SMILES string of the molecule is NC1CCC(NC(=O)Cn2cnc3ccc(Br)cc3c2=O)CC1. The zero-order valence-corrected chi connectivity index (χ0v) is 14.3. The molecule has 0 radical (unpaired) electrons. The molecular formula is C16H19BrN4O2. The lowest BCUT2D eigenvalue weighted by atomic mass is 9.92. The van der Waals surface area contributed by atoms with Crippen molar-refractivity contribution in [2.24, 2.45) is 5.73 Å². The highest BCUT2D eigenvalue weighted by Crippen LogP contribution is 2.17. The van der Waals surface area contributed by atoms with Crippen molar-refractivity contribution in [2.45, 2.75) is 44.3 Å². The van der Waals surface area contributed by atoms with Gasteiger partial charge in [0.05, 0.1) is 17.2 Å². The van der Waals surface area contributed by atoms with Gasteiger partial charge in [0, 0.05) is 16.6 Å². The van der Waals surface area contributed by atoms with Crippen molar-refractivity contribution in [3.05, 3.63) is 39.4 Å². The molecule has 0 bridgehead atoms. The van der Waals surface area contributed by atoms with Gasteiger partial charge in [0.1, 0.15) is 6.54 Å². The first kappa shape index (κ1) is 16.1. The van der Waals surface area contributed by atoms with Crippen molar-refractivity contribution >= 4 is 32.7 Å². The van der Waals surface area contributed by atoms with Crippen LogP contribution in [0.25, 0.3) is 10.9 Å². The number of amides is 1. The van der Waals surface area contributed by atoms with Gasteiger partial charge in [-0.15, -0.1) is 0 Å². The number of rotatable bonds is 3. The van der Waals surface area contributed by atoms with Crippen LogP contribution in [0, 0.1) is 0 Å². The van der Waals surface area contributed by atoms with Crippen LogP contribution < -0.4 is 16.6 Å². The number of aromatic nitrogens is 2. The van der Waals surface area contributed by atoms with Gasteiger partial charge in [-0.2, -0.15) is 0 Å². The lowest BCUT2D eigenvalue weighted by Crippen LogP contribution is -2.42. The van der Waals surface area contributed by atoms with Crippen LogP contribution in [0.4, 0.5) is 0 Å². The van der Waals surface area contributed by atoms with Crippen molar-refractivity contribution in [1.29, 1.82) is 0 Å². The monoisotopic (exact) mass is 378 g/mol. The number of hydrogen-bond acceptors (Lipinski definition) is 4. The smallest absolute Gasteiger partial charge is 0.261 e. The second kappa shape index (κ2) is 6.80. The summed E-state index contributed by atoms with van der Waals surface area (Å²) in [6, 6.07) is 5.73. The third-order valence-corrected chi connectivity index (χ3v) is 4.73. The number of nitrogens with one attached hydrogen (secondary N) is 1. The van der Waals surface area contributed by atoms with Crippen LogP contribution >= 0.6 is 15.9 Å². The van der Waals surface area contributed by atoms with Crippen molar-refractivity contribution in [3.8, 4) is 0 Å². The quantitative estimate of drug-likeness (QED) is 0.847. The van der Waals surface area contributed by atoms with Gasteiger partial charge in [0.25, 0.3) is 5.56 Å². The van der Waals surface area contributed by atoms with Gasteiger partial charge in [-0.05, 0) is 43.9 Å². The van der Waals surface area contributed by atoms with Crippen LogP contribution in [-0.2, 0) is 11.3 Å². The van der Waals surface area contributed by atoms with Gasteiger partial charge >= 0.3 is 0 Å². The molecular weight excluding hydrogens is 360 g/mol. The van der Waals surface area contributed by atoms with Crippen molar-refractivity contribution in [3.63, 3.8) is 0 Å². The number of benzene rings is 1. The molecule has 1 aromatic heterocycles. The highest BCUT2D eigenvalue weighted by atomic mass is 79.9. The topological polar surface area (TPSA) is 90.0 Å². The molecule has 3 rings (SSSR count). The summed E-state index contributed by atoms with van der Waals surface area (Å²) in [6.07, 6.45) is 5.07. The summed E-state index contributed by atoms with van der Waals surface area (Å²) in [7, 11) is 0.